The predicted octanol–water partition coefficient (Wildman–Crippen LogP) is 3.25. The van der Waals surface area contributed by atoms with Crippen molar-refractivity contribution in [2.45, 2.75) is 25.3 Å². The standard InChI is InChI=1S/C23H28N4O3/c1-24(22-8-4-6-18-5-2-3-7-21(18)22)23(28)17-25-13-15-26(16-14-25)19-9-11-20(12-10-19)27(29)30/h2-3,5,7,9-12,22H,4,6,8,13-17H2,1H3/t22-/m0/s1. The Hall–Kier alpha value is -2.93. The summed E-state index contributed by atoms with van der Waals surface area (Å²) in [4.78, 5) is 29.8. The molecule has 0 aromatic heterocycles. The highest BCUT2D eigenvalue weighted by molar-refractivity contribution is 5.78. The highest BCUT2D eigenvalue weighted by Crippen LogP contribution is 2.33. The molecule has 0 N–H and O–H groups in total. The molecule has 1 atom stereocenters. The summed E-state index contributed by atoms with van der Waals surface area (Å²) in [5.74, 6) is 0.167. The highest BCUT2D eigenvalue weighted by Gasteiger charge is 2.28. The quantitative estimate of drug-likeness (QED) is 0.561. The van der Waals surface area contributed by atoms with Crippen molar-refractivity contribution in [3.8, 4) is 0 Å². The van der Waals surface area contributed by atoms with Crippen molar-refractivity contribution in [2.24, 2.45) is 0 Å². The number of hydrogen-bond donors (Lipinski definition) is 0. The van der Waals surface area contributed by atoms with Gasteiger partial charge in [0.15, 0.2) is 0 Å². The lowest BCUT2D eigenvalue weighted by molar-refractivity contribution is -0.384. The number of nitro groups is 1. The summed E-state index contributed by atoms with van der Waals surface area (Å²) < 4.78 is 0. The van der Waals surface area contributed by atoms with E-state index in [9.17, 15) is 14.9 Å². The van der Waals surface area contributed by atoms with Crippen LogP contribution in [0.1, 0.15) is 30.0 Å². The minimum Gasteiger partial charge on any atom is -0.369 e. The minimum atomic E-state index is -0.380. The van der Waals surface area contributed by atoms with E-state index in [4.69, 9.17) is 0 Å². The number of aryl methyl sites for hydroxylation is 1. The van der Waals surface area contributed by atoms with Crippen LogP contribution in [0.3, 0.4) is 0 Å². The monoisotopic (exact) mass is 408 g/mol. The van der Waals surface area contributed by atoms with Crippen LogP contribution in [0, 0.1) is 10.1 Å². The molecule has 2 aromatic carbocycles. The molecular weight excluding hydrogens is 380 g/mol. The lowest BCUT2D eigenvalue weighted by Crippen LogP contribution is -2.50. The molecule has 158 valence electrons. The molecule has 0 radical (unpaired) electrons. The van der Waals surface area contributed by atoms with Crippen LogP contribution < -0.4 is 4.90 Å². The molecule has 2 aliphatic rings. The van der Waals surface area contributed by atoms with Crippen molar-refractivity contribution < 1.29 is 9.72 Å². The van der Waals surface area contributed by atoms with Crippen LogP contribution in [0.15, 0.2) is 48.5 Å². The fourth-order valence-corrected chi connectivity index (χ4v) is 4.56. The van der Waals surface area contributed by atoms with Gasteiger partial charge in [-0.1, -0.05) is 24.3 Å². The van der Waals surface area contributed by atoms with Crippen molar-refractivity contribution in [3.63, 3.8) is 0 Å². The minimum absolute atomic E-state index is 0.107. The van der Waals surface area contributed by atoms with E-state index < -0.39 is 0 Å². The first-order valence-corrected chi connectivity index (χ1v) is 10.6. The number of nitrogens with zero attached hydrogens (tertiary/aromatic N) is 4. The molecule has 1 saturated heterocycles. The number of fused-ring (bicyclic) bond motifs is 1. The Labute approximate surface area is 177 Å². The van der Waals surface area contributed by atoms with Crippen LogP contribution >= 0.6 is 0 Å². The number of carbonyl (C=O) groups excluding carboxylic acids is 1. The predicted molar refractivity (Wildman–Crippen MR) is 117 cm³/mol. The van der Waals surface area contributed by atoms with Gasteiger partial charge in [0.05, 0.1) is 17.5 Å². The van der Waals surface area contributed by atoms with Crippen LogP contribution in [-0.2, 0) is 11.2 Å². The molecule has 1 heterocycles. The van der Waals surface area contributed by atoms with Gasteiger partial charge < -0.3 is 9.80 Å². The number of amides is 1. The van der Waals surface area contributed by atoms with E-state index in [2.05, 4.69) is 34.1 Å². The number of rotatable bonds is 5. The van der Waals surface area contributed by atoms with Gasteiger partial charge in [-0.2, -0.15) is 0 Å². The molecule has 0 spiro atoms. The average Bonchev–Trinajstić information content (AvgIpc) is 2.78. The maximum atomic E-state index is 13.0. The highest BCUT2D eigenvalue weighted by atomic mass is 16.6. The zero-order valence-corrected chi connectivity index (χ0v) is 17.4. The van der Waals surface area contributed by atoms with E-state index in [0.717, 1.165) is 51.1 Å². The molecule has 0 saturated carbocycles. The van der Waals surface area contributed by atoms with E-state index in [1.165, 1.54) is 11.1 Å². The van der Waals surface area contributed by atoms with Crippen LogP contribution in [0.4, 0.5) is 11.4 Å². The van der Waals surface area contributed by atoms with Crippen molar-refractivity contribution in [2.75, 3.05) is 44.7 Å². The fourth-order valence-electron chi connectivity index (χ4n) is 4.56. The van der Waals surface area contributed by atoms with Crippen LogP contribution in [0.25, 0.3) is 0 Å². The van der Waals surface area contributed by atoms with Crippen LogP contribution in [0.2, 0.25) is 0 Å². The Morgan fingerprint density at radius 3 is 2.50 bits per heavy atom. The fraction of sp³-hybridized carbons (Fsp3) is 0.435. The number of piperazine rings is 1. The first-order chi connectivity index (χ1) is 14.5. The van der Waals surface area contributed by atoms with Gasteiger partial charge in [-0.05, 0) is 42.5 Å². The Morgan fingerprint density at radius 1 is 1.10 bits per heavy atom. The smallest absolute Gasteiger partial charge is 0.269 e. The lowest BCUT2D eigenvalue weighted by atomic mass is 9.87. The summed E-state index contributed by atoms with van der Waals surface area (Å²) >= 11 is 0. The van der Waals surface area contributed by atoms with Crippen molar-refractivity contribution in [1.29, 1.82) is 0 Å². The Balaban J connectivity index is 1.32. The summed E-state index contributed by atoms with van der Waals surface area (Å²) in [6.45, 7) is 3.65. The molecule has 0 unspecified atom stereocenters. The zero-order chi connectivity index (χ0) is 21.1. The summed E-state index contributed by atoms with van der Waals surface area (Å²) in [5, 5.41) is 10.8. The number of benzene rings is 2. The van der Waals surface area contributed by atoms with Crippen LogP contribution in [-0.4, -0.2) is 60.4 Å². The molecule has 1 fully saturated rings. The van der Waals surface area contributed by atoms with E-state index in [0.29, 0.717) is 6.54 Å². The number of nitro benzene ring substituents is 1. The normalized spacial score (nSPS) is 19.2. The maximum Gasteiger partial charge on any atom is 0.269 e. The molecule has 0 bridgehead atoms. The topological polar surface area (TPSA) is 69.9 Å². The first-order valence-electron chi connectivity index (χ1n) is 10.6. The van der Waals surface area contributed by atoms with Gasteiger partial charge in [-0.3, -0.25) is 19.8 Å². The second kappa shape index (κ2) is 8.83. The Morgan fingerprint density at radius 2 is 1.80 bits per heavy atom. The largest absolute Gasteiger partial charge is 0.369 e. The molecule has 1 aliphatic carbocycles. The zero-order valence-electron chi connectivity index (χ0n) is 17.4. The molecule has 1 aliphatic heterocycles. The number of hydrogen-bond acceptors (Lipinski definition) is 5. The second-order valence-electron chi connectivity index (χ2n) is 8.15. The Bertz CT molecular complexity index is 907. The first kappa shape index (κ1) is 20.3. The van der Waals surface area contributed by atoms with Crippen molar-refractivity contribution in [3.05, 3.63) is 69.8 Å². The van der Waals surface area contributed by atoms with E-state index >= 15 is 0 Å². The Kier molecular flexibility index (Phi) is 5.99. The molecular formula is C23H28N4O3. The van der Waals surface area contributed by atoms with Crippen molar-refractivity contribution >= 4 is 17.3 Å². The van der Waals surface area contributed by atoms with E-state index in [1.807, 2.05) is 11.9 Å². The number of non-ortho nitro benzene ring substituents is 1. The maximum absolute atomic E-state index is 13.0. The van der Waals surface area contributed by atoms with Gasteiger partial charge in [0.1, 0.15) is 0 Å². The van der Waals surface area contributed by atoms with Gasteiger partial charge in [0.2, 0.25) is 5.91 Å². The average molecular weight is 409 g/mol. The summed E-state index contributed by atoms with van der Waals surface area (Å²) in [7, 11) is 1.93. The molecule has 7 heteroatoms. The third kappa shape index (κ3) is 4.31. The van der Waals surface area contributed by atoms with Gasteiger partial charge in [-0.15, -0.1) is 0 Å². The summed E-state index contributed by atoms with van der Waals surface area (Å²) in [6.07, 6.45) is 3.24. The second-order valence-corrected chi connectivity index (χ2v) is 8.15. The van der Waals surface area contributed by atoms with Gasteiger partial charge in [-0.25, -0.2) is 0 Å². The van der Waals surface area contributed by atoms with Gasteiger partial charge in [0.25, 0.3) is 5.69 Å². The number of anilines is 1. The van der Waals surface area contributed by atoms with Crippen LogP contribution in [0.5, 0.6) is 0 Å². The summed E-state index contributed by atoms with van der Waals surface area (Å²) in [6, 6.07) is 15.3. The summed E-state index contributed by atoms with van der Waals surface area (Å²) in [5.41, 5.74) is 3.76. The van der Waals surface area contributed by atoms with E-state index in [1.54, 1.807) is 24.3 Å². The van der Waals surface area contributed by atoms with Gasteiger partial charge >= 0.3 is 0 Å². The SMILES string of the molecule is CN(C(=O)CN1CCN(c2ccc([N+](=O)[O-])cc2)CC1)[C@H]1CCCc2ccccc21. The molecule has 2 aromatic rings. The van der Waals surface area contributed by atoms with Crippen molar-refractivity contribution in [1.82, 2.24) is 9.80 Å². The number of carbonyl (C=O) groups is 1. The molecule has 1 amide bonds. The number of likely N-dealkylation sites (N-methyl/N-ethyl adjacent to an activating group) is 1. The molecule has 7 nitrogen and oxygen atoms in total. The molecule has 30 heavy (non-hydrogen) atoms. The molecule has 4 rings (SSSR count). The lowest BCUT2D eigenvalue weighted by Gasteiger charge is -2.38. The van der Waals surface area contributed by atoms with E-state index in [-0.39, 0.29) is 22.6 Å². The van der Waals surface area contributed by atoms with Gasteiger partial charge in [0, 0.05) is 51.0 Å². The third-order valence-electron chi connectivity index (χ3n) is 6.36. The third-order valence-corrected chi connectivity index (χ3v) is 6.36.